The van der Waals surface area contributed by atoms with Crippen LogP contribution >= 0.6 is 0 Å². The number of nitrogens with one attached hydrogen (secondary N) is 1. The number of nitrogens with zero attached hydrogens (tertiary/aromatic N) is 3. The van der Waals surface area contributed by atoms with Crippen molar-refractivity contribution in [2.45, 2.75) is 45.2 Å². The van der Waals surface area contributed by atoms with Crippen LogP contribution < -0.4 is 5.32 Å². The molecule has 6 heteroatoms. The van der Waals surface area contributed by atoms with Crippen molar-refractivity contribution < 1.29 is 9.53 Å². The van der Waals surface area contributed by atoms with Crippen LogP contribution in [0, 0.1) is 5.92 Å². The lowest BCUT2D eigenvalue weighted by molar-refractivity contribution is -0.149. The van der Waals surface area contributed by atoms with Gasteiger partial charge in [0.2, 0.25) is 0 Å². The molecule has 106 valence electrons. The summed E-state index contributed by atoms with van der Waals surface area (Å²) >= 11 is 0. The van der Waals surface area contributed by atoms with Gasteiger partial charge in [0.1, 0.15) is 12.2 Å². The van der Waals surface area contributed by atoms with Crippen molar-refractivity contribution in [3.8, 4) is 0 Å². The Hall–Kier alpha value is -1.43. The SMILES string of the molecule is CCOC(=O)C1CCCC(NCc2nncn2C)C1. The van der Waals surface area contributed by atoms with Crippen molar-refractivity contribution in [2.75, 3.05) is 6.61 Å². The Labute approximate surface area is 113 Å². The zero-order valence-corrected chi connectivity index (χ0v) is 11.6. The lowest BCUT2D eigenvalue weighted by atomic mass is 9.86. The zero-order valence-electron chi connectivity index (χ0n) is 11.6. The molecule has 1 aliphatic carbocycles. The molecule has 0 saturated heterocycles. The second-order valence-corrected chi connectivity index (χ2v) is 5.05. The number of carbonyl (C=O) groups excluding carboxylic acids is 1. The molecule has 0 aliphatic heterocycles. The van der Waals surface area contributed by atoms with Gasteiger partial charge in [0.15, 0.2) is 0 Å². The highest BCUT2D eigenvalue weighted by Gasteiger charge is 2.28. The Bertz CT molecular complexity index is 419. The van der Waals surface area contributed by atoms with Crippen LogP contribution in [-0.4, -0.2) is 33.4 Å². The molecule has 0 amide bonds. The highest BCUT2D eigenvalue weighted by Crippen LogP contribution is 2.25. The fourth-order valence-electron chi connectivity index (χ4n) is 2.55. The van der Waals surface area contributed by atoms with Crippen LogP contribution in [0.3, 0.4) is 0 Å². The molecule has 2 atom stereocenters. The first kappa shape index (κ1) is 14.0. The molecule has 1 aliphatic rings. The summed E-state index contributed by atoms with van der Waals surface area (Å²) in [4.78, 5) is 11.8. The first-order valence-electron chi connectivity index (χ1n) is 6.93. The molecule has 1 aromatic rings. The van der Waals surface area contributed by atoms with Gasteiger partial charge in [0.05, 0.1) is 19.1 Å². The van der Waals surface area contributed by atoms with Crippen molar-refractivity contribution in [1.82, 2.24) is 20.1 Å². The Kier molecular flexibility index (Phi) is 4.90. The molecule has 2 unspecified atom stereocenters. The monoisotopic (exact) mass is 266 g/mol. The van der Waals surface area contributed by atoms with E-state index < -0.39 is 0 Å². The lowest BCUT2D eigenvalue weighted by Crippen LogP contribution is -2.37. The van der Waals surface area contributed by atoms with Gasteiger partial charge in [0, 0.05) is 13.1 Å². The predicted octanol–water partition coefficient (Wildman–Crippen LogP) is 1.03. The fraction of sp³-hybridized carbons (Fsp3) is 0.769. The largest absolute Gasteiger partial charge is 0.466 e. The van der Waals surface area contributed by atoms with Crippen LogP contribution in [0.1, 0.15) is 38.4 Å². The molecule has 0 radical (unpaired) electrons. The van der Waals surface area contributed by atoms with E-state index in [1.165, 1.54) is 0 Å². The van der Waals surface area contributed by atoms with E-state index in [-0.39, 0.29) is 11.9 Å². The van der Waals surface area contributed by atoms with Gasteiger partial charge in [-0.2, -0.15) is 0 Å². The molecule has 1 aromatic heterocycles. The molecule has 1 heterocycles. The van der Waals surface area contributed by atoms with Gasteiger partial charge >= 0.3 is 5.97 Å². The van der Waals surface area contributed by atoms with E-state index in [2.05, 4.69) is 15.5 Å². The van der Waals surface area contributed by atoms with E-state index in [0.29, 0.717) is 19.2 Å². The van der Waals surface area contributed by atoms with Gasteiger partial charge in [-0.25, -0.2) is 0 Å². The number of ether oxygens (including phenoxy) is 1. The summed E-state index contributed by atoms with van der Waals surface area (Å²) in [6.07, 6.45) is 5.67. The number of rotatable bonds is 5. The van der Waals surface area contributed by atoms with E-state index in [0.717, 1.165) is 31.5 Å². The Morgan fingerprint density at radius 1 is 1.58 bits per heavy atom. The normalized spacial score (nSPS) is 23.3. The molecule has 0 spiro atoms. The third-order valence-electron chi connectivity index (χ3n) is 3.65. The van der Waals surface area contributed by atoms with Crippen molar-refractivity contribution in [2.24, 2.45) is 13.0 Å². The molecule has 0 bridgehead atoms. The Balaban J connectivity index is 1.81. The van der Waals surface area contributed by atoms with Crippen LogP contribution in [0.2, 0.25) is 0 Å². The Morgan fingerprint density at radius 3 is 3.11 bits per heavy atom. The van der Waals surface area contributed by atoms with Crippen LogP contribution in [0.4, 0.5) is 0 Å². The summed E-state index contributed by atoms with van der Waals surface area (Å²) in [5.74, 6) is 0.914. The van der Waals surface area contributed by atoms with Crippen molar-refractivity contribution in [3.05, 3.63) is 12.2 Å². The zero-order chi connectivity index (χ0) is 13.7. The minimum atomic E-state index is -0.0485. The third kappa shape index (κ3) is 3.76. The number of esters is 1. The molecule has 6 nitrogen and oxygen atoms in total. The van der Waals surface area contributed by atoms with Crippen LogP contribution in [0.5, 0.6) is 0 Å². The van der Waals surface area contributed by atoms with Crippen molar-refractivity contribution >= 4 is 5.97 Å². The van der Waals surface area contributed by atoms with E-state index in [1.54, 1.807) is 6.33 Å². The number of aryl methyl sites for hydroxylation is 1. The highest BCUT2D eigenvalue weighted by atomic mass is 16.5. The molecule has 2 rings (SSSR count). The van der Waals surface area contributed by atoms with Gasteiger partial charge in [-0.3, -0.25) is 4.79 Å². The number of carbonyl (C=O) groups is 1. The average molecular weight is 266 g/mol. The smallest absolute Gasteiger partial charge is 0.308 e. The van der Waals surface area contributed by atoms with Crippen LogP contribution in [0.25, 0.3) is 0 Å². The van der Waals surface area contributed by atoms with Gasteiger partial charge in [-0.05, 0) is 26.2 Å². The standard InChI is InChI=1S/C13H22N4O2/c1-3-19-13(18)10-5-4-6-11(7-10)14-8-12-16-15-9-17(12)2/h9-11,14H,3-8H2,1-2H3. The maximum Gasteiger partial charge on any atom is 0.308 e. The van der Waals surface area contributed by atoms with Crippen molar-refractivity contribution in [3.63, 3.8) is 0 Å². The summed E-state index contributed by atoms with van der Waals surface area (Å²) in [5, 5.41) is 11.4. The summed E-state index contributed by atoms with van der Waals surface area (Å²) in [5.41, 5.74) is 0. The van der Waals surface area contributed by atoms with E-state index >= 15 is 0 Å². The maximum atomic E-state index is 11.8. The van der Waals surface area contributed by atoms with Gasteiger partial charge in [-0.1, -0.05) is 6.42 Å². The molecular formula is C13H22N4O2. The minimum Gasteiger partial charge on any atom is -0.466 e. The average Bonchev–Trinajstić information content (AvgIpc) is 2.82. The fourth-order valence-corrected chi connectivity index (χ4v) is 2.55. The van der Waals surface area contributed by atoms with Crippen LogP contribution in [0.15, 0.2) is 6.33 Å². The predicted molar refractivity (Wildman–Crippen MR) is 70.2 cm³/mol. The third-order valence-corrected chi connectivity index (χ3v) is 3.65. The maximum absolute atomic E-state index is 11.8. The summed E-state index contributed by atoms with van der Waals surface area (Å²) < 4.78 is 7.01. The minimum absolute atomic E-state index is 0.0469. The van der Waals surface area contributed by atoms with Crippen molar-refractivity contribution in [1.29, 1.82) is 0 Å². The second kappa shape index (κ2) is 6.65. The lowest BCUT2D eigenvalue weighted by Gasteiger charge is -2.28. The summed E-state index contributed by atoms with van der Waals surface area (Å²) in [6, 6.07) is 0.361. The first-order chi connectivity index (χ1) is 9.20. The van der Waals surface area contributed by atoms with Gasteiger partial charge in [-0.15, -0.1) is 10.2 Å². The summed E-state index contributed by atoms with van der Waals surface area (Å²) in [6.45, 7) is 3.01. The molecule has 1 saturated carbocycles. The molecule has 1 N–H and O–H groups in total. The first-order valence-corrected chi connectivity index (χ1v) is 6.93. The Morgan fingerprint density at radius 2 is 2.42 bits per heavy atom. The molecule has 0 aromatic carbocycles. The van der Waals surface area contributed by atoms with E-state index in [4.69, 9.17) is 4.74 Å². The number of hydrogen-bond acceptors (Lipinski definition) is 5. The van der Waals surface area contributed by atoms with Crippen LogP contribution in [-0.2, 0) is 23.1 Å². The van der Waals surface area contributed by atoms with E-state index in [1.807, 2.05) is 18.5 Å². The number of hydrogen-bond donors (Lipinski definition) is 1. The second-order valence-electron chi connectivity index (χ2n) is 5.05. The molecular weight excluding hydrogens is 244 g/mol. The molecule has 19 heavy (non-hydrogen) atoms. The van der Waals surface area contributed by atoms with Gasteiger partial charge in [0.25, 0.3) is 0 Å². The number of aromatic nitrogens is 3. The quantitative estimate of drug-likeness (QED) is 0.806. The molecule has 1 fully saturated rings. The van der Waals surface area contributed by atoms with Gasteiger partial charge < -0.3 is 14.6 Å². The summed E-state index contributed by atoms with van der Waals surface area (Å²) in [7, 11) is 1.93. The van der Waals surface area contributed by atoms with E-state index in [9.17, 15) is 4.79 Å². The topological polar surface area (TPSA) is 69.0 Å². The highest BCUT2D eigenvalue weighted by molar-refractivity contribution is 5.72.